The number of nitrogens with zero attached hydrogens (tertiary/aromatic N) is 2. The summed E-state index contributed by atoms with van der Waals surface area (Å²) in [5.41, 5.74) is 3.20. The Morgan fingerprint density at radius 3 is 2.59 bits per heavy atom. The number of rotatable bonds is 6. The third kappa shape index (κ3) is 4.95. The number of ether oxygens (including phenoxy) is 1. The number of nitrogens with one attached hydrogen (secondary N) is 2. The number of amides is 1. The Morgan fingerprint density at radius 2 is 1.89 bits per heavy atom. The van der Waals surface area contributed by atoms with E-state index < -0.39 is 0 Å². The molecule has 0 aliphatic heterocycles. The molecular weight excluding hydrogens is 364 g/mol. The standard InChI is InChI=1S/C20H19ClN4O2/c1-13-3-5-14(6-4-13)11-22-20(26)17-10-19(24-12-23-17)25-15-7-8-18(27-2)16(21)9-15/h3-10,12H,11H2,1-2H3,(H,22,26)(H,23,24,25). The molecule has 2 aromatic carbocycles. The van der Waals surface area contributed by atoms with Gasteiger partial charge in [0.2, 0.25) is 0 Å². The molecule has 0 aliphatic rings. The molecule has 0 fully saturated rings. The number of hydrogen-bond donors (Lipinski definition) is 2. The highest BCUT2D eigenvalue weighted by molar-refractivity contribution is 6.32. The van der Waals surface area contributed by atoms with E-state index in [2.05, 4.69) is 20.6 Å². The van der Waals surface area contributed by atoms with Gasteiger partial charge in [-0.05, 0) is 30.7 Å². The second kappa shape index (κ2) is 8.51. The van der Waals surface area contributed by atoms with Crippen molar-refractivity contribution in [1.29, 1.82) is 0 Å². The molecular formula is C20H19ClN4O2. The molecule has 138 valence electrons. The van der Waals surface area contributed by atoms with Gasteiger partial charge in [-0.3, -0.25) is 4.79 Å². The first-order valence-corrected chi connectivity index (χ1v) is 8.69. The summed E-state index contributed by atoms with van der Waals surface area (Å²) in [5, 5.41) is 6.43. The molecule has 0 saturated heterocycles. The molecule has 3 aromatic rings. The zero-order chi connectivity index (χ0) is 19.2. The highest BCUT2D eigenvalue weighted by atomic mass is 35.5. The lowest BCUT2D eigenvalue weighted by atomic mass is 10.1. The molecule has 0 unspecified atom stereocenters. The van der Waals surface area contributed by atoms with E-state index in [9.17, 15) is 4.79 Å². The van der Waals surface area contributed by atoms with Crippen LogP contribution in [0.25, 0.3) is 0 Å². The molecule has 27 heavy (non-hydrogen) atoms. The van der Waals surface area contributed by atoms with Crippen LogP contribution in [-0.2, 0) is 6.54 Å². The van der Waals surface area contributed by atoms with Gasteiger partial charge in [0.25, 0.3) is 5.91 Å². The number of methoxy groups -OCH3 is 1. The molecule has 0 saturated carbocycles. The molecule has 1 amide bonds. The van der Waals surface area contributed by atoms with Gasteiger partial charge in [-0.15, -0.1) is 0 Å². The summed E-state index contributed by atoms with van der Waals surface area (Å²) in [4.78, 5) is 20.5. The van der Waals surface area contributed by atoms with E-state index in [1.54, 1.807) is 25.3 Å². The largest absolute Gasteiger partial charge is 0.495 e. The Balaban J connectivity index is 1.66. The summed E-state index contributed by atoms with van der Waals surface area (Å²) in [6, 6.07) is 14.8. The summed E-state index contributed by atoms with van der Waals surface area (Å²) in [5.74, 6) is 0.807. The van der Waals surface area contributed by atoms with Crippen molar-refractivity contribution in [1.82, 2.24) is 15.3 Å². The SMILES string of the molecule is COc1ccc(Nc2cc(C(=O)NCc3ccc(C)cc3)ncn2)cc1Cl. The fraction of sp³-hybridized carbons (Fsp3) is 0.150. The average molecular weight is 383 g/mol. The third-order valence-electron chi connectivity index (χ3n) is 3.90. The maximum Gasteiger partial charge on any atom is 0.270 e. The van der Waals surface area contributed by atoms with E-state index in [1.165, 1.54) is 11.9 Å². The van der Waals surface area contributed by atoms with Crippen LogP contribution < -0.4 is 15.4 Å². The number of halogens is 1. The predicted molar refractivity (Wildman–Crippen MR) is 106 cm³/mol. The molecule has 0 aliphatic carbocycles. The van der Waals surface area contributed by atoms with Gasteiger partial charge in [0.15, 0.2) is 0 Å². The fourth-order valence-electron chi connectivity index (χ4n) is 2.42. The van der Waals surface area contributed by atoms with Crippen molar-refractivity contribution in [2.45, 2.75) is 13.5 Å². The summed E-state index contributed by atoms with van der Waals surface area (Å²) >= 11 is 6.12. The van der Waals surface area contributed by atoms with Crippen molar-refractivity contribution in [3.8, 4) is 5.75 Å². The van der Waals surface area contributed by atoms with Crippen molar-refractivity contribution in [3.05, 3.63) is 76.7 Å². The lowest BCUT2D eigenvalue weighted by molar-refractivity contribution is 0.0946. The topological polar surface area (TPSA) is 76.1 Å². The van der Waals surface area contributed by atoms with E-state index >= 15 is 0 Å². The van der Waals surface area contributed by atoms with E-state index in [0.717, 1.165) is 11.3 Å². The van der Waals surface area contributed by atoms with Gasteiger partial charge in [0.05, 0.1) is 12.1 Å². The van der Waals surface area contributed by atoms with E-state index in [-0.39, 0.29) is 11.6 Å². The molecule has 6 nitrogen and oxygen atoms in total. The number of anilines is 2. The molecule has 0 bridgehead atoms. The lowest BCUT2D eigenvalue weighted by Gasteiger charge is -2.09. The Kier molecular flexibility index (Phi) is 5.88. The summed E-state index contributed by atoms with van der Waals surface area (Å²) in [6.45, 7) is 2.45. The second-order valence-electron chi connectivity index (χ2n) is 5.93. The zero-order valence-electron chi connectivity index (χ0n) is 15.0. The van der Waals surface area contributed by atoms with Crippen LogP contribution in [0, 0.1) is 6.92 Å². The molecule has 2 N–H and O–H groups in total. The van der Waals surface area contributed by atoms with E-state index in [0.29, 0.717) is 23.1 Å². The fourth-order valence-corrected chi connectivity index (χ4v) is 2.68. The van der Waals surface area contributed by atoms with Gasteiger partial charge in [0, 0.05) is 18.3 Å². The molecule has 0 atom stereocenters. The minimum absolute atomic E-state index is 0.270. The van der Waals surface area contributed by atoms with Crippen molar-refractivity contribution >= 4 is 29.0 Å². The monoisotopic (exact) mass is 382 g/mol. The van der Waals surface area contributed by atoms with E-state index in [4.69, 9.17) is 16.3 Å². The number of aryl methyl sites for hydroxylation is 1. The predicted octanol–water partition coefficient (Wildman–Crippen LogP) is 4.12. The molecule has 3 rings (SSSR count). The number of aromatic nitrogens is 2. The van der Waals surface area contributed by atoms with Crippen LogP contribution in [-0.4, -0.2) is 23.0 Å². The Morgan fingerprint density at radius 1 is 1.11 bits per heavy atom. The van der Waals surface area contributed by atoms with Gasteiger partial charge in [-0.25, -0.2) is 9.97 Å². The van der Waals surface area contributed by atoms with Crippen molar-refractivity contribution in [3.63, 3.8) is 0 Å². The molecule has 0 radical (unpaired) electrons. The normalized spacial score (nSPS) is 10.3. The van der Waals surface area contributed by atoms with Crippen LogP contribution in [0.3, 0.4) is 0 Å². The van der Waals surface area contributed by atoms with Crippen LogP contribution >= 0.6 is 11.6 Å². The van der Waals surface area contributed by atoms with Gasteiger partial charge in [-0.2, -0.15) is 0 Å². The minimum atomic E-state index is -0.270. The van der Waals surface area contributed by atoms with Crippen LogP contribution in [0.2, 0.25) is 5.02 Å². The second-order valence-corrected chi connectivity index (χ2v) is 6.34. The third-order valence-corrected chi connectivity index (χ3v) is 4.19. The molecule has 7 heteroatoms. The van der Waals surface area contributed by atoms with Gasteiger partial charge >= 0.3 is 0 Å². The van der Waals surface area contributed by atoms with Gasteiger partial charge < -0.3 is 15.4 Å². The quantitative estimate of drug-likeness (QED) is 0.670. The summed E-state index contributed by atoms with van der Waals surface area (Å²) in [7, 11) is 1.56. The zero-order valence-corrected chi connectivity index (χ0v) is 15.7. The number of benzene rings is 2. The van der Waals surface area contributed by atoms with Crippen LogP contribution in [0.1, 0.15) is 21.6 Å². The van der Waals surface area contributed by atoms with Crippen LogP contribution in [0.15, 0.2) is 54.9 Å². The number of carbonyl (C=O) groups excluding carboxylic acids is 1. The Labute approximate surface area is 162 Å². The molecule has 0 spiro atoms. The summed E-state index contributed by atoms with van der Waals surface area (Å²) < 4.78 is 5.13. The van der Waals surface area contributed by atoms with Crippen LogP contribution in [0.5, 0.6) is 5.75 Å². The highest BCUT2D eigenvalue weighted by Gasteiger charge is 2.09. The average Bonchev–Trinajstić information content (AvgIpc) is 2.68. The van der Waals surface area contributed by atoms with Crippen molar-refractivity contribution in [2.75, 3.05) is 12.4 Å². The van der Waals surface area contributed by atoms with Crippen LogP contribution in [0.4, 0.5) is 11.5 Å². The number of hydrogen-bond acceptors (Lipinski definition) is 5. The first-order chi connectivity index (χ1) is 13.0. The minimum Gasteiger partial charge on any atom is -0.495 e. The van der Waals surface area contributed by atoms with Crippen molar-refractivity contribution < 1.29 is 9.53 Å². The first kappa shape index (κ1) is 18.7. The smallest absolute Gasteiger partial charge is 0.270 e. The Hall–Kier alpha value is -3.12. The van der Waals surface area contributed by atoms with E-state index in [1.807, 2.05) is 37.3 Å². The maximum atomic E-state index is 12.4. The molecule has 1 heterocycles. The number of carbonyl (C=O) groups is 1. The van der Waals surface area contributed by atoms with Gasteiger partial charge in [-0.1, -0.05) is 41.4 Å². The van der Waals surface area contributed by atoms with Crippen molar-refractivity contribution in [2.24, 2.45) is 0 Å². The molecule has 1 aromatic heterocycles. The first-order valence-electron chi connectivity index (χ1n) is 8.31. The lowest BCUT2D eigenvalue weighted by Crippen LogP contribution is -2.24. The highest BCUT2D eigenvalue weighted by Crippen LogP contribution is 2.28. The van der Waals surface area contributed by atoms with Gasteiger partial charge in [0.1, 0.15) is 23.6 Å². The maximum absolute atomic E-state index is 12.4. The Bertz CT molecular complexity index is 945. The summed E-state index contributed by atoms with van der Waals surface area (Å²) in [6.07, 6.45) is 1.34.